The zero-order chi connectivity index (χ0) is 18.2. The number of carbonyl (C=O) groups is 1. The van der Waals surface area contributed by atoms with Gasteiger partial charge in [-0.2, -0.15) is 0 Å². The predicted molar refractivity (Wildman–Crippen MR) is 94.8 cm³/mol. The van der Waals surface area contributed by atoms with E-state index in [-0.39, 0.29) is 10.5 Å². The first-order chi connectivity index (χ1) is 11.8. The van der Waals surface area contributed by atoms with Gasteiger partial charge in [-0.3, -0.25) is 10.1 Å². The number of thiazole rings is 1. The van der Waals surface area contributed by atoms with Gasteiger partial charge in [-0.1, -0.05) is 17.4 Å². The van der Waals surface area contributed by atoms with Crippen molar-refractivity contribution in [1.29, 1.82) is 0 Å². The molecule has 0 unspecified atom stereocenters. The molecule has 0 saturated heterocycles. The van der Waals surface area contributed by atoms with E-state index in [1.165, 1.54) is 44.4 Å². The Labute approximate surface area is 148 Å². The zero-order valence-corrected chi connectivity index (χ0v) is 15.0. The summed E-state index contributed by atoms with van der Waals surface area (Å²) in [6, 6.07) is 9.88. The summed E-state index contributed by atoms with van der Waals surface area (Å²) in [6.07, 6.45) is 0. The summed E-state index contributed by atoms with van der Waals surface area (Å²) < 4.78 is 39.3. The van der Waals surface area contributed by atoms with Crippen molar-refractivity contribution in [2.45, 2.75) is 4.90 Å². The summed E-state index contributed by atoms with van der Waals surface area (Å²) in [4.78, 5) is 16.5. The number of rotatable bonds is 4. The number of halogens is 1. The molecule has 9 heteroatoms. The van der Waals surface area contributed by atoms with Gasteiger partial charge in [0.15, 0.2) is 5.13 Å². The molecule has 1 N–H and O–H groups in total. The van der Waals surface area contributed by atoms with Gasteiger partial charge in [-0.05, 0) is 36.4 Å². The topological polar surface area (TPSA) is 79.4 Å². The highest BCUT2D eigenvalue weighted by Crippen LogP contribution is 2.29. The summed E-state index contributed by atoms with van der Waals surface area (Å²) in [5.74, 6) is -0.991. The summed E-state index contributed by atoms with van der Waals surface area (Å²) in [6.45, 7) is 0. The Morgan fingerprint density at radius 3 is 2.64 bits per heavy atom. The molecule has 0 aliphatic rings. The SMILES string of the molecule is CN(C)S(=O)(=O)c1ccc2nc(NC(=O)c3cccc(F)c3)sc2c1. The third kappa shape index (κ3) is 3.53. The minimum atomic E-state index is -3.55. The lowest BCUT2D eigenvalue weighted by Crippen LogP contribution is -2.22. The molecular weight excluding hydrogens is 365 g/mol. The monoisotopic (exact) mass is 379 g/mol. The second kappa shape index (κ2) is 6.51. The summed E-state index contributed by atoms with van der Waals surface area (Å²) >= 11 is 1.15. The fourth-order valence-electron chi connectivity index (χ4n) is 2.13. The molecule has 0 radical (unpaired) electrons. The fraction of sp³-hybridized carbons (Fsp3) is 0.125. The molecule has 0 atom stereocenters. The number of hydrogen-bond donors (Lipinski definition) is 1. The third-order valence-electron chi connectivity index (χ3n) is 3.45. The van der Waals surface area contributed by atoms with Gasteiger partial charge in [-0.25, -0.2) is 22.1 Å². The Morgan fingerprint density at radius 2 is 1.96 bits per heavy atom. The van der Waals surface area contributed by atoms with E-state index in [0.717, 1.165) is 21.7 Å². The van der Waals surface area contributed by atoms with E-state index in [1.54, 1.807) is 6.07 Å². The number of carbonyl (C=O) groups excluding carboxylic acids is 1. The first-order valence-electron chi connectivity index (χ1n) is 7.17. The average Bonchev–Trinajstić information content (AvgIpc) is 2.95. The summed E-state index contributed by atoms with van der Waals surface area (Å²) in [7, 11) is -0.636. The number of hydrogen-bond acceptors (Lipinski definition) is 5. The second-order valence-electron chi connectivity index (χ2n) is 5.40. The Morgan fingerprint density at radius 1 is 1.20 bits per heavy atom. The number of benzene rings is 2. The molecule has 25 heavy (non-hydrogen) atoms. The van der Waals surface area contributed by atoms with Gasteiger partial charge in [-0.15, -0.1) is 0 Å². The maximum atomic E-state index is 13.2. The van der Waals surface area contributed by atoms with Crippen LogP contribution in [0.1, 0.15) is 10.4 Å². The first kappa shape index (κ1) is 17.5. The Bertz CT molecular complexity index is 1060. The molecule has 3 aromatic rings. The normalized spacial score (nSPS) is 11.8. The molecule has 1 aromatic heterocycles. The molecule has 0 spiro atoms. The van der Waals surface area contributed by atoms with Gasteiger partial charge < -0.3 is 0 Å². The molecule has 1 amide bonds. The van der Waals surface area contributed by atoms with Crippen LogP contribution in [0, 0.1) is 5.82 Å². The molecule has 1 heterocycles. The molecule has 0 saturated carbocycles. The van der Waals surface area contributed by atoms with Gasteiger partial charge in [0.25, 0.3) is 5.91 Å². The number of amides is 1. The summed E-state index contributed by atoms with van der Waals surface area (Å²) in [5.41, 5.74) is 0.743. The predicted octanol–water partition coefficient (Wildman–Crippen LogP) is 2.94. The fourth-order valence-corrected chi connectivity index (χ4v) is 4.03. The summed E-state index contributed by atoms with van der Waals surface area (Å²) in [5, 5.41) is 2.91. The number of anilines is 1. The number of nitrogens with one attached hydrogen (secondary N) is 1. The van der Waals surface area contributed by atoms with E-state index in [4.69, 9.17) is 0 Å². The van der Waals surface area contributed by atoms with Crippen molar-refractivity contribution in [3.8, 4) is 0 Å². The molecule has 3 rings (SSSR count). The molecule has 6 nitrogen and oxygen atoms in total. The van der Waals surface area contributed by atoms with Crippen molar-refractivity contribution in [3.05, 3.63) is 53.8 Å². The Hall–Kier alpha value is -2.36. The van der Waals surface area contributed by atoms with Crippen LogP contribution in [-0.2, 0) is 10.0 Å². The highest BCUT2D eigenvalue weighted by molar-refractivity contribution is 7.89. The number of fused-ring (bicyclic) bond motifs is 1. The molecule has 0 aliphatic heterocycles. The van der Waals surface area contributed by atoms with Crippen molar-refractivity contribution >= 4 is 42.6 Å². The van der Waals surface area contributed by atoms with Gasteiger partial charge in [0, 0.05) is 19.7 Å². The molecular formula is C16H14FN3O3S2. The van der Waals surface area contributed by atoms with Crippen molar-refractivity contribution < 1.29 is 17.6 Å². The van der Waals surface area contributed by atoms with Crippen molar-refractivity contribution in [2.24, 2.45) is 0 Å². The quantitative estimate of drug-likeness (QED) is 0.756. The molecule has 130 valence electrons. The lowest BCUT2D eigenvalue weighted by molar-refractivity contribution is 0.102. The van der Waals surface area contributed by atoms with Gasteiger partial charge >= 0.3 is 0 Å². The maximum absolute atomic E-state index is 13.2. The van der Waals surface area contributed by atoms with Crippen LogP contribution in [0.3, 0.4) is 0 Å². The van der Waals surface area contributed by atoms with Gasteiger partial charge in [0.05, 0.1) is 15.1 Å². The maximum Gasteiger partial charge on any atom is 0.257 e. The number of aromatic nitrogens is 1. The van der Waals surface area contributed by atoms with E-state index < -0.39 is 21.7 Å². The van der Waals surface area contributed by atoms with E-state index in [9.17, 15) is 17.6 Å². The van der Waals surface area contributed by atoms with E-state index >= 15 is 0 Å². The van der Waals surface area contributed by atoms with Gasteiger partial charge in [0.2, 0.25) is 10.0 Å². The van der Waals surface area contributed by atoms with Crippen LogP contribution in [0.5, 0.6) is 0 Å². The lowest BCUT2D eigenvalue weighted by atomic mass is 10.2. The highest BCUT2D eigenvalue weighted by Gasteiger charge is 2.18. The van der Waals surface area contributed by atoms with Crippen LogP contribution in [0.15, 0.2) is 47.4 Å². The molecule has 0 bridgehead atoms. The van der Waals surface area contributed by atoms with Crippen LogP contribution < -0.4 is 5.32 Å². The first-order valence-corrected chi connectivity index (χ1v) is 9.43. The van der Waals surface area contributed by atoms with Crippen LogP contribution in [0.4, 0.5) is 9.52 Å². The zero-order valence-electron chi connectivity index (χ0n) is 13.4. The Kier molecular flexibility index (Phi) is 4.55. The largest absolute Gasteiger partial charge is 0.298 e. The number of sulfonamides is 1. The minimum absolute atomic E-state index is 0.150. The van der Waals surface area contributed by atoms with Crippen molar-refractivity contribution in [2.75, 3.05) is 19.4 Å². The van der Waals surface area contributed by atoms with Crippen LogP contribution in [-0.4, -0.2) is 37.7 Å². The van der Waals surface area contributed by atoms with Crippen molar-refractivity contribution in [3.63, 3.8) is 0 Å². The Balaban J connectivity index is 1.90. The minimum Gasteiger partial charge on any atom is -0.298 e. The smallest absolute Gasteiger partial charge is 0.257 e. The van der Waals surface area contributed by atoms with Crippen molar-refractivity contribution in [1.82, 2.24) is 9.29 Å². The average molecular weight is 379 g/mol. The standard InChI is InChI=1S/C16H14FN3O3S2/c1-20(2)25(22,23)12-6-7-13-14(9-12)24-16(18-13)19-15(21)10-4-3-5-11(17)8-10/h3-9H,1-2H3,(H,18,19,21). The van der Waals surface area contributed by atoms with E-state index in [1.807, 2.05) is 0 Å². The highest BCUT2D eigenvalue weighted by atomic mass is 32.2. The lowest BCUT2D eigenvalue weighted by Gasteiger charge is -2.10. The van der Waals surface area contributed by atoms with E-state index in [2.05, 4.69) is 10.3 Å². The molecule has 0 fully saturated rings. The second-order valence-corrected chi connectivity index (χ2v) is 8.58. The number of nitrogens with zero attached hydrogens (tertiary/aromatic N) is 2. The molecule has 2 aromatic carbocycles. The van der Waals surface area contributed by atoms with E-state index in [0.29, 0.717) is 15.3 Å². The van der Waals surface area contributed by atoms with Crippen LogP contribution in [0.2, 0.25) is 0 Å². The van der Waals surface area contributed by atoms with Crippen LogP contribution in [0.25, 0.3) is 10.2 Å². The molecule has 0 aliphatic carbocycles. The third-order valence-corrected chi connectivity index (χ3v) is 6.19. The van der Waals surface area contributed by atoms with Gasteiger partial charge in [0.1, 0.15) is 5.82 Å². The van der Waals surface area contributed by atoms with Crippen LogP contribution >= 0.6 is 11.3 Å².